The number of likely N-dealkylation sites (tertiary alicyclic amines) is 1. The zero-order valence-corrected chi connectivity index (χ0v) is 15.2. The Morgan fingerprint density at radius 2 is 1.88 bits per heavy atom. The molecule has 3 N–H and O–H groups in total. The van der Waals surface area contributed by atoms with Crippen molar-refractivity contribution in [2.45, 2.75) is 32.9 Å². The summed E-state index contributed by atoms with van der Waals surface area (Å²) in [5.41, 5.74) is 2.21. The van der Waals surface area contributed by atoms with Crippen molar-refractivity contribution in [2.24, 2.45) is 0 Å². The number of carbonyl (C=O) groups is 1. The van der Waals surface area contributed by atoms with Gasteiger partial charge in [-0.1, -0.05) is 12.1 Å². The number of quaternary nitrogens is 2. The molecule has 1 aromatic heterocycles. The first-order valence-electron chi connectivity index (χ1n) is 9.17. The van der Waals surface area contributed by atoms with E-state index < -0.39 is 0 Å². The highest BCUT2D eigenvalue weighted by Gasteiger charge is 2.16. The minimum absolute atomic E-state index is 0.0266. The van der Waals surface area contributed by atoms with Crippen LogP contribution in [0.25, 0.3) is 0 Å². The molecule has 5 heteroatoms. The number of nitrogens with one attached hydrogen (secondary N) is 3. The normalized spacial score (nSPS) is 16.1. The van der Waals surface area contributed by atoms with Crippen molar-refractivity contribution >= 4 is 11.6 Å². The van der Waals surface area contributed by atoms with Gasteiger partial charge in [0.2, 0.25) is 0 Å². The average Bonchev–Trinajstić information content (AvgIpc) is 3.21. The Morgan fingerprint density at radius 1 is 1.16 bits per heavy atom. The van der Waals surface area contributed by atoms with Gasteiger partial charge in [-0.15, -0.1) is 0 Å². The van der Waals surface area contributed by atoms with E-state index in [2.05, 4.69) is 17.4 Å². The monoisotopic (exact) mass is 343 g/mol. The van der Waals surface area contributed by atoms with Gasteiger partial charge in [-0.25, -0.2) is 0 Å². The number of hydrogen-bond donors (Lipinski definition) is 3. The maximum absolute atomic E-state index is 12.2. The Kier molecular flexibility index (Phi) is 5.89. The molecule has 1 aromatic carbocycles. The van der Waals surface area contributed by atoms with Crippen LogP contribution in [0.3, 0.4) is 0 Å². The molecule has 2 heterocycles. The van der Waals surface area contributed by atoms with Gasteiger partial charge in [0.05, 0.1) is 20.1 Å². The van der Waals surface area contributed by atoms with Crippen molar-refractivity contribution < 1.29 is 19.0 Å². The van der Waals surface area contributed by atoms with Gasteiger partial charge in [0.15, 0.2) is 12.3 Å². The highest BCUT2D eigenvalue weighted by molar-refractivity contribution is 5.91. The standard InChI is InChI=1S/C20H27N3O2/c1-16-5-10-19(25-16)14-22(2)15-20(24)21-18-8-6-17(7-9-18)13-23-11-3-4-12-23/h5-10H,3-4,11-15H2,1-2H3,(H,21,24)/p+2. The summed E-state index contributed by atoms with van der Waals surface area (Å²) in [5, 5.41) is 2.99. The van der Waals surface area contributed by atoms with Crippen molar-refractivity contribution in [3.8, 4) is 0 Å². The van der Waals surface area contributed by atoms with Crippen LogP contribution < -0.4 is 15.1 Å². The second-order valence-electron chi connectivity index (χ2n) is 7.20. The third-order valence-corrected chi connectivity index (χ3v) is 4.74. The number of amides is 1. The lowest BCUT2D eigenvalue weighted by molar-refractivity contribution is -0.901. The van der Waals surface area contributed by atoms with Crippen LogP contribution in [0.4, 0.5) is 5.69 Å². The van der Waals surface area contributed by atoms with E-state index in [0.717, 1.165) is 28.7 Å². The zero-order valence-electron chi connectivity index (χ0n) is 15.2. The third kappa shape index (κ3) is 5.44. The molecule has 3 rings (SSSR count). The predicted molar refractivity (Wildman–Crippen MR) is 97.6 cm³/mol. The van der Waals surface area contributed by atoms with Crippen LogP contribution in [0.1, 0.15) is 29.9 Å². The second-order valence-corrected chi connectivity index (χ2v) is 7.20. The fraction of sp³-hybridized carbons (Fsp3) is 0.450. The van der Waals surface area contributed by atoms with Crippen LogP contribution in [0.15, 0.2) is 40.8 Å². The maximum Gasteiger partial charge on any atom is 0.279 e. The van der Waals surface area contributed by atoms with Crippen LogP contribution in [0.2, 0.25) is 0 Å². The van der Waals surface area contributed by atoms with Gasteiger partial charge < -0.3 is 19.5 Å². The lowest BCUT2D eigenvalue weighted by Gasteiger charge is -2.14. The number of carbonyl (C=O) groups excluding carboxylic acids is 1. The van der Waals surface area contributed by atoms with Gasteiger partial charge in [0, 0.05) is 24.1 Å². The van der Waals surface area contributed by atoms with Gasteiger partial charge >= 0.3 is 0 Å². The topological polar surface area (TPSA) is 51.1 Å². The number of aryl methyl sites for hydroxylation is 1. The fourth-order valence-electron chi connectivity index (χ4n) is 3.47. The van der Waals surface area contributed by atoms with Gasteiger partial charge in [-0.3, -0.25) is 4.79 Å². The Morgan fingerprint density at radius 3 is 2.52 bits per heavy atom. The van der Waals surface area contributed by atoms with Gasteiger partial charge in [0.25, 0.3) is 5.91 Å². The molecular weight excluding hydrogens is 314 g/mol. The lowest BCUT2D eigenvalue weighted by Crippen LogP contribution is -3.08. The Balaban J connectivity index is 1.45. The molecule has 1 aliphatic heterocycles. The van der Waals surface area contributed by atoms with Crippen molar-refractivity contribution in [2.75, 3.05) is 32.0 Å². The zero-order chi connectivity index (χ0) is 17.6. The molecular formula is C20H29N3O2+2. The summed E-state index contributed by atoms with van der Waals surface area (Å²) in [7, 11) is 2.00. The van der Waals surface area contributed by atoms with Crippen molar-refractivity contribution in [1.82, 2.24) is 0 Å². The predicted octanol–water partition coefficient (Wildman–Crippen LogP) is 0.420. The van der Waals surface area contributed by atoms with Crippen LogP contribution in [0, 0.1) is 6.92 Å². The molecule has 1 fully saturated rings. The van der Waals surface area contributed by atoms with Crippen LogP contribution >= 0.6 is 0 Å². The summed E-state index contributed by atoms with van der Waals surface area (Å²) >= 11 is 0. The highest BCUT2D eigenvalue weighted by Crippen LogP contribution is 2.09. The summed E-state index contributed by atoms with van der Waals surface area (Å²) in [4.78, 5) is 15.0. The molecule has 0 spiro atoms. The molecule has 1 amide bonds. The lowest BCUT2D eigenvalue weighted by atomic mass is 10.2. The minimum Gasteiger partial charge on any atom is -0.460 e. The molecule has 1 unspecified atom stereocenters. The number of likely N-dealkylation sites (N-methyl/N-ethyl adjacent to an activating group) is 1. The molecule has 25 heavy (non-hydrogen) atoms. The summed E-state index contributed by atoms with van der Waals surface area (Å²) < 4.78 is 5.57. The van der Waals surface area contributed by atoms with E-state index in [0.29, 0.717) is 13.1 Å². The second kappa shape index (κ2) is 8.32. The Bertz CT molecular complexity index is 687. The molecule has 134 valence electrons. The first-order chi connectivity index (χ1) is 12.1. The molecule has 1 saturated heterocycles. The largest absolute Gasteiger partial charge is 0.460 e. The van der Waals surface area contributed by atoms with E-state index in [1.807, 2.05) is 38.2 Å². The molecule has 2 aromatic rings. The van der Waals surface area contributed by atoms with Crippen LogP contribution in [0.5, 0.6) is 0 Å². The smallest absolute Gasteiger partial charge is 0.279 e. The molecule has 0 aliphatic carbocycles. The van der Waals surface area contributed by atoms with Gasteiger partial charge in [-0.2, -0.15) is 0 Å². The summed E-state index contributed by atoms with van der Waals surface area (Å²) in [5.74, 6) is 1.85. The third-order valence-electron chi connectivity index (χ3n) is 4.74. The molecule has 1 aliphatic rings. The highest BCUT2D eigenvalue weighted by atomic mass is 16.3. The van der Waals surface area contributed by atoms with E-state index in [1.54, 1.807) is 4.90 Å². The Labute approximate surface area is 149 Å². The maximum atomic E-state index is 12.2. The summed E-state index contributed by atoms with van der Waals surface area (Å²) in [6.45, 7) is 6.70. The number of furan rings is 1. The molecule has 0 bridgehead atoms. The van der Waals surface area contributed by atoms with Gasteiger partial charge in [-0.05, 0) is 31.2 Å². The Hall–Kier alpha value is -2.11. The fourth-order valence-corrected chi connectivity index (χ4v) is 3.47. The number of benzene rings is 1. The van der Waals surface area contributed by atoms with Crippen LogP contribution in [-0.4, -0.2) is 32.6 Å². The molecule has 0 saturated carbocycles. The van der Waals surface area contributed by atoms with E-state index in [9.17, 15) is 4.79 Å². The van der Waals surface area contributed by atoms with E-state index in [1.165, 1.54) is 31.5 Å². The van der Waals surface area contributed by atoms with Gasteiger partial charge in [0.1, 0.15) is 18.8 Å². The molecule has 5 nitrogen and oxygen atoms in total. The summed E-state index contributed by atoms with van der Waals surface area (Å²) in [6, 6.07) is 12.2. The average molecular weight is 343 g/mol. The first-order valence-corrected chi connectivity index (χ1v) is 9.17. The first kappa shape index (κ1) is 17.7. The van der Waals surface area contributed by atoms with E-state index >= 15 is 0 Å². The van der Waals surface area contributed by atoms with Crippen molar-refractivity contribution in [3.05, 3.63) is 53.5 Å². The number of hydrogen-bond acceptors (Lipinski definition) is 2. The SMILES string of the molecule is Cc1ccc(C[NH+](C)CC(=O)Nc2ccc(C[NH+]3CCCC3)cc2)o1. The minimum atomic E-state index is 0.0266. The summed E-state index contributed by atoms with van der Waals surface area (Å²) in [6.07, 6.45) is 2.69. The van der Waals surface area contributed by atoms with Crippen molar-refractivity contribution in [1.29, 1.82) is 0 Å². The quantitative estimate of drug-likeness (QED) is 0.683. The molecule has 1 atom stereocenters. The van der Waals surface area contributed by atoms with E-state index in [-0.39, 0.29) is 5.91 Å². The number of rotatable bonds is 7. The van der Waals surface area contributed by atoms with Crippen molar-refractivity contribution in [3.63, 3.8) is 0 Å². The van der Waals surface area contributed by atoms with E-state index in [4.69, 9.17) is 4.42 Å². The van der Waals surface area contributed by atoms with Crippen LogP contribution in [-0.2, 0) is 17.9 Å². The number of anilines is 1. The molecule has 0 radical (unpaired) electrons.